The molecule has 0 aromatic rings. The Morgan fingerprint density at radius 3 is 2.62 bits per heavy atom. The SMILES string of the molecule is CCCC1(O)CN(CCCOCCOC)C1. The van der Waals surface area contributed by atoms with Crippen molar-refractivity contribution >= 4 is 0 Å². The van der Waals surface area contributed by atoms with Crippen LogP contribution in [0.2, 0.25) is 0 Å². The van der Waals surface area contributed by atoms with Crippen LogP contribution < -0.4 is 0 Å². The van der Waals surface area contributed by atoms with E-state index >= 15 is 0 Å². The van der Waals surface area contributed by atoms with Crippen LogP contribution in [0.1, 0.15) is 26.2 Å². The van der Waals surface area contributed by atoms with Crippen LogP contribution in [0.5, 0.6) is 0 Å². The van der Waals surface area contributed by atoms with E-state index in [1.54, 1.807) is 7.11 Å². The van der Waals surface area contributed by atoms with E-state index in [0.717, 1.165) is 45.5 Å². The van der Waals surface area contributed by atoms with Crippen LogP contribution in [-0.2, 0) is 9.47 Å². The van der Waals surface area contributed by atoms with Crippen LogP contribution in [0.15, 0.2) is 0 Å². The summed E-state index contributed by atoms with van der Waals surface area (Å²) in [6, 6.07) is 0. The van der Waals surface area contributed by atoms with E-state index in [2.05, 4.69) is 11.8 Å². The van der Waals surface area contributed by atoms with Gasteiger partial charge in [-0.25, -0.2) is 0 Å². The molecular weight excluding hydrogens is 206 g/mol. The number of hydrogen-bond acceptors (Lipinski definition) is 4. The quantitative estimate of drug-likeness (QED) is 0.598. The van der Waals surface area contributed by atoms with Crippen molar-refractivity contribution in [1.82, 2.24) is 4.90 Å². The predicted octanol–water partition coefficient (Wildman–Crippen LogP) is 0.886. The van der Waals surface area contributed by atoms with E-state index in [1.807, 2.05) is 0 Å². The topological polar surface area (TPSA) is 41.9 Å². The lowest BCUT2D eigenvalue weighted by atomic mass is 9.89. The van der Waals surface area contributed by atoms with Crippen molar-refractivity contribution in [2.45, 2.75) is 31.8 Å². The van der Waals surface area contributed by atoms with Crippen molar-refractivity contribution in [3.8, 4) is 0 Å². The van der Waals surface area contributed by atoms with Gasteiger partial charge in [0, 0.05) is 33.4 Å². The highest BCUT2D eigenvalue weighted by Gasteiger charge is 2.39. The molecule has 1 aliphatic rings. The monoisotopic (exact) mass is 231 g/mol. The average molecular weight is 231 g/mol. The highest BCUT2D eigenvalue weighted by atomic mass is 16.5. The zero-order valence-electron chi connectivity index (χ0n) is 10.6. The number of methoxy groups -OCH3 is 1. The molecule has 1 N–H and O–H groups in total. The summed E-state index contributed by atoms with van der Waals surface area (Å²) in [5, 5.41) is 9.96. The Bertz CT molecular complexity index is 181. The van der Waals surface area contributed by atoms with Gasteiger partial charge in [-0.3, -0.25) is 4.90 Å². The molecule has 0 aromatic carbocycles. The van der Waals surface area contributed by atoms with Crippen molar-refractivity contribution in [2.24, 2.45) is 0 Å². The second kappa shape index (κ2) is 7.22. The maximum absolute atomic E-state index is 9.96. The van der Waals surface area contributed by atoms with Crippen LogP contribution in [0, 0.1) is 0 Å². The van der Waals surface area contributed by atoms with E-state index in [1.165, 1.54) is 0 Å². The molecule has 1 aliphatic heterocycles. The van der Waals surface area contributed by atoms with Crippen LogP contribution in [-0.4, -0.2) is 62.2 Å². The van der Waals surface area contributed by atoms with Gasteiger partial charge in [0.05, 0.1) is 18.8 Å². The van der Waals surface area contributed by atoms with E-state index in [9.17, 15) is 5.11 Å². The number of β-amino-alcohol motifs (C(OH)–C–C–N with tert-alkyl or cyclic N) is 1. The molecule has 0 saturated carbocycles. The molecule has 0 aromatic heterocycles. The lowest BCUT2D eigenvalue weighted by Crippen LogP contribution is -2.61. The first-order valence-corrected chi connectivity index (χ1v) is 6.21. The zero-order chi connectivity index (χ0) is 11.9. The van der Waals surface area contributed by atoms with Gasteiger partial charge in [0.15, 0.2) is 0 Å². The summed E-state index contributed by atoms with van der Waals surface area (Å²) >= 11 is 0. The summed E-state index contributed by atoms with van der Waals surface area (Å²) in [7, 11) is 1.68. The van der Waals surface area contributed by atoms with E-state index in [-0.39, 0.29) is 0 Å². The van der Waals surface area contributed by atoms with E-state index < -0.39 is 5.60 Å². The third-order valence-electron chi connectivity index (χ3n) is 2.95. The third-order valence-corrected chi connectivity index (χ3v) is 2.95. The zero-order valence-corrected chi connectivity index (χ0v) is 10.6. The highest BCUT2D eigenvalue weighted by molar-refractivity contribution is 4.94. The largest absolute Gasteiger partial charge is 0.387 e. The number of aliphatic hydroxyl groups is 1. The van der Waals surface area contributed by atoms with Crippen LogP contribution in [0.4, 0.5) is 0 Å². The van der Waals surface area contributed by atoms with Gasteiger partial charge in [-0.2, -0.15) is 0 Å². The van der Waals surface area contributed by atoms with Gasteiger partial charge in [0.25, 0.3) is 0 Å². The molecule has 0 atom stereocenters. The first-order valence-electron chi connectivity index (χ1n) is 6.21. The molecule has 16 heavy (non-hydrogen) atoms. The van der Waals surface area contributed by atoms with Crippen LogP contribution in [0.25, 0.3) is 0 Å². The second-order valence-electron chi connectivity index (χ2n) is 4.64. The smallest absolute Gasteiger partial charge is 0.0900 e. The fourth-order valence-corrected chi connectivity index (χ4v) is 2.20. The van der Waals surface area contributed by atoms with Crippen LogP contribution in [0.3, 0.4) is 0 Å². The Kier molecular flexibility index (Phi) is 6.28. The molecular formula is C12H25NO3. The highest BCUT2D eigenvalue weighted by Crippen LogP contribution is 2.25. The molecule has 0 unspecified atom stereocenters. The predicted molar refractivity (Wildman–Crippen MR) is 63.6 cm³/mol. The molecule has 4 heteroatoms. The number of rotatable bonds is 9. The molecule has 0 bridgehead atoms. The van der Waals surface area contributed by atoms with Gasteiger partial charge in [0.2, 0.25) is 0 Å². The Balaban J connectivity index is 1.89. The van der Waals surface area contributed by atoms with Gasteiger partial charge in [-0.1, -0.05) is 13.3 Å². The van der Waals surface area contributed by atoms with Gasteiger partial charge in [-0.15, -0.1) is 0 Å². The maximum Gasteiger partial charge on any atom is 0.0900 e. The second-order valence-corrected chi connectivity index (χ2v) is 4.64. The lowest BCUT2D eigenvalue weighted by Gasteiger charge is -2.46. The number of hydrogen-bond donors (Lipinski definition) is 1. The van der Waals surface area contributed by atoms with Gasteiger partial charge in [0.1, 0.15) is 0 Å². The fourth-order valence-electron chi connectivity index (χ4n) is 2.20. The first-order chi connectivity index (χ1) is 7.70. The summed E-state index contributed by atoms with van der Waals surface area (Å²) in [6.45, 7) is 6.93. The van der Waals surface area contributed by atoms with E-state index in [4.69, 9.17) is 9.47 Å². The minimum Gasteiger partial charge on any atom is -0.387 e. The van der Waals surface area contributed by atoms with Gasteiger partial charge in [-0.05, 0) is 12.8 Å². The molecule has 1 heterocycles. The molecule has 1 saturated heterocycles. The molecule has 4 nitrogen and oxygen atoms in total. The van der Waals surface area contributed by atoms with Crippen molar-refractivity contribution in [3.63, 3.8) is 0 Å². The summed E-state index contributed by atoms with van der Waals surface area (Å²) < 4.78 is 10.3. The molecule has 0 spiro atoms. The van der Waals surface area contributed by atoms with Crippen molar-refractivity contribution in [2.75, 3.05) is 46.6 Å². The Morgan fingerprint density at radius 1 is 1.25 bits per heavy atom. The minimum absolute atomic E-state index is 0.397. The average Bonchev–Trinajstić information content (AvgIpc) is 2.21. The molecule has 0 aliphatic carbocycles. The number of ether oxygens (including phenoxy) is 2. The van der Waals surface area contributed by atoms with Crippen molar-refractivity contribution in [1.29, 1.82) is 0 Å². The van der Waals surface area contributed by atoms with Gasteiger partial charge >= 0.3 is 0 Å². The molecule has 96 valence electrons. The lowest BCUT2D eigenvalue weighted by molar-refractivity contribution is -0.104. The minimum atomic E-state index is -0.397. The summed E-state index contributed by atoms with van der Waals surface area (Å²) in [5.74, 6) is 0. The number of likely N-dealkylation sites (tertiary alicyclic amines) is 1. The van der Waals surface area contributed by atoms with Crippen LogP contribution >= 0.6 is 0 Å². The first kappa shape index (κ1) is 13.9. The van der Waals surface area contributed by atoms with E-state index in [0.29, 0.717) is 13.2 Å². The summed E-state index contributed by atoms with van der Waals surface area (Å²) in [4.78, 5) is 2.29. The molecule has 1 fully saturated rings. The fraction of sp³-hybridized carbons (Fsp3) is 1.00. The normalized spacial score (nSPS) is 19.7. The maximum atomic E-state index is 9.96. The molecule has 0 radical (unpaired) electrons. The standard InChI is InChI=1S/C12H25NO3/c1-3-5-12(14)10-13(11-12)6-4-7-16-9-8-15-2/h14H,3-11H2,1-2H3. The third kappa shape index (κ3) is 4.78. The summed E-state index contributed by atoms with van der Waals surface area (Å²) in [6.07, 6.45) is 3.02. The molecule has 1 rings (SSSR count). The Hall–Kier alpha value is -0.160. The van der Waals surface area contributed by atoms with Crippen molar-refractivity contribution < 1.29 is 14.6 Å². The van der Waals surface area contributed by atoms with Gasteiger partial charge < -0.3 is 14.6 Å². The Morgan fingerprint density at radius 2 is 2.00 bits per heavy atom. The number of nitrogens with zero attached hydrogens (tertiary/aromatic N) is 1. The summed E-state index contributed by atoms with van der Waals surface area (Å²) in [5.41, 5.74) is -0.397. The Labute approximate surface area is 98.5 Å². The molecule has 0 amide bonds. The van der Waals surface area contributed by atoms with Crippen molar-refractivity contribution in [3.05, 3.63) is 0 Å².